The van der Waals surface area contributed by atoms with Gasteiger partial charge in [0, 0.05) is 43.4 Å². The first-order chi connectivity index (χ1) is 14.0. The Bertz CT molecular complexity index is 930. The van der Waals surface area contributed by atoms with Gasteiger partial charge in [-0.3, -0.25) is 4.79 Å². The zero-order valence-electron chi connectivity index (χ0n) is 16.0. The number of rotatable bonds is 5. The van der Waals surface area contributed by atoms with E-state index < -0.39 is 11.9 Å². The quantitative estimate of drug-likeness (QED) is 0.826. The van der Waals surface area contributed by atoms with Gasteiger partial charge in [0.25, 0.3) is 0 Å². The van der Waals surface area contributed by atoms with Crippen LogP contribution < -0.4 is 4.74 Å². The first-order valence-electron chi connectivity index (χ1n) is 9.85. The highest BCUT2D eigenvalue weighted by atomic mass is 19.1. The van der Waals surface area contributed by atoms with Crippen molar-refractivity contribution in [3.05, 3.63) is 30.0 Å². The summed E-state index contributed by atoms with van der Waals surface area (Å²) in [5.74, 6) is -0.221. The summed E-state index contributed by atoms with van der Waals surface area (Å²) in [4.78, 5) is 34.5. The summed E-state index contributed by atoms with van der Waals surface area (Å²) >= 11 is 0. The summed E-state index contributed by atoms with van der Waals surface area (Å²) in [6.07, 6.45) is 3.24. The molecule has 2 aliphatic rings. The Morgan fingerprint density at radius 1 is 1.24 bits per heavy atom. The molecule has 1 N–H and O–H groups in total. The lowest BCUT2D eigenvalue weighted by molar-refractivity contribution is -0.128. The molecular weight excluding hydrogens is 379 g/mol. The number of hydrogen-bond acceptors (Lipinski definition) is 5. The zero-order chi connectivity index (χ0) is 20.4. The van der Waals surface area contributed by atoms with Gasteiger partial charge in [-0.25, -0.2) is 19.2 Å². The molecule has 3 heterocycles. The molecule has 0 saturated carbocycles. The van der Waals surface area contributed by atoms with E-state index in [-0.39, 0.29) is 24.2 Å². The van der Waals surface area contributed by atoms with Gasteiger partial charge in [-0.2, -0.15) is 0 Å². The van der Waals surface area contributed by atoms with E-state index in [0.29, 0.717) is 49.8 Å². The summed E-state index contributed by atoms with van der Waals surface area (Å²) in [5.41, 5.74) is 1.33. The van der Waals surface area contributed by atoms with Crippen molar-refractivity contribution in [2.75, 3.05) is 32.8 Å². The molecule has 0 aliphatic carbocycles. The van der Waals surface area contributed by atoms with Crippen molar-refractivity contribution in [1.29, 1.82) is 0 Å². The molecule has 29 heavy (non-hydrogen) atoms. The standard InChI is InChI=1S/C20H23FN4O4/c21-15-10-14-16(11-17(15)29-9-8-24-5-1-2-18(24)26)22-12-23-19(14)13-3-6-25(7-4-13)20(27)28/h10-13H,1-9H2,(H,27,28). The van der Waals surface area contributed by atoms with Gasteiger partial charge in [0.1, 0.15) is 12.9 Å². The van der Waals surface area contributed by atoms with E-state index in [1.807, 2.05) is 0 Å². The number of nitrogens with zero attached hydrogens (tertiary/aromatic N) is 4. The Kier molecular flexibility index (Phi) is 5.46. The predicted molar refractivity (Wildman–Crippen MR) is 102 cm³/mol. The molecule has 0 spiro atoms. The maximum atomic E-state index is 14.7. The topological polar surface area (TPSA) is 95.9 Å². The number of carboxylic acid groups (broad SMARTS) is 1. The fraction of sp³-hybridized carbons (Fsp3) is 0.500. The van der Waals surface area contributed by atoms with Crippen molar-refractivity contribution in [2.24, 2.45) is 0 Å². The highest BCUT2D eigenvalue weighted by Gasteiger charge is 2.26. The summed E-state index contributed by atoms with van der Waals surface area (Å²) in [6, 6.07) is 2.96. The number of piperidine rings is 1. The van der Waals surface area contributed by atoms with Gasteiger partial charge in [-0.1, -0.05) is 0 Å². The van der Waals surface area contributed by atoms with E-state index >= 15 is 0 Å². The average molecular weight is 402 g/mol. The van der Waals surface area contributed by atoms with Crippen LogP contribution in [0.5, 0.6) is 5.75 Å². The molecule has 0 radical (unpaired) electrons. The van der Waals surface area contributed by atoms with E-state index in [1.165, 1.54) is 17.3 Å². The van der Waals surface area contributed by atoms with Crippen molar-refractivity contribution in [2.45, 2.75) is 31.6 Å². The third-order valence-electron chi connectivity index (χ3n) is 5.66. The molecule has 1 aromatic heterocycles. The van der Waals surface area contributed by atoms with E-state index in [9.17, 15) is 14.0 Å². The second kappa shape index (κ2) is 8.18. The number of aromatic nitrogens is 2. The Morgan fingerprint density at radius 3 is 2.72 bits per heavy atom. The van der Waals surface area contributed by atoms with Gasteiger partial charge in [0.2, 0.25) is 5.91 Å². The lowest BCUT2D eigenvalue weighted by Crippen LogP contribution is -2.37. The lowest BCUT2D eigenvalue weighted by atomic mass is 9.91. The number of carbonyl (C=O) groups excluding carboxylic acids is 1. The summed E-state index contributed by atoms with van der Waals surface area (Å²) in [5, 5.41) is 9.73. The number of benzene rings is 1. The monoisotopic (exact) mass is 402 g/mol. The van der Waals surface area contributed by atoms with Crippen molar-refractivity contribution in [3.8, 4) is 5.75 Å². The first kappa shape index (κ1) is 19.4. The number of fused-ring (bicyclic) bond motifs is 1. The fourth-order valence-corrected chi connectivity index (χ4v) is 4.06. The fourth-order valence-electron chi connectivity index (χ4n) is 4.06. The Hall–Kier alpha value is -2.97. The molecule has 1 aromatic carbocycles. The molecule has 2 amide bonds. The molecule has 4 rings (SSSR count). The number of amides is 2. The van der Waals surface area contributed by atoms with Gasteiger partial charge in [-0.05, 0) is 25.3 Å². The Labute approximate surface area is 167 Å². The molecule has 9 heteroatoms. The van der Waals surface area contributed by atoms with Crippen LogP contribution in [-0.2, 0) is 4.79 Å². The van der Waals surface area contributed by atoms with E-state index in [4.69, 9.17) is 9.84 Å². The van der Waals surface area contributed by atoms with Crippen molar-refractivity contribution < 1.29 is 23.8 Å². The van der Waals surface area contributed by atoms with Gasteiger partial charge < -0.3 is 19.6 Å². The van der Waals surface area contributed by atoms with Gasteiger partial charge >= 0.3 is 6.09 Å². The third-order valence-corrected chi connectivity index (χ3v) is 5.66. The molecule has 2 fully saturated rings. The summed E-state index contributed by atoms with van der Waals surface area (Å²) < 4.78 is 20.2. The number of hydrogen-bond donors (Lipinski definition) is 1. The Morgan fingerprint density at radius 2 is 2.03 bits per heavy atom. The third kappa shape index (κ3) is 4.08. The van der Waals surface area contributed by atoms with E-state index in [1.54, 1.807) is 11.0 Å². The summed E-state index contributed by atoms with van der Waals surface area (Å²) in [7, 11) is 0. The normalized spacial score (nSPS) is 17.9. The molecule has 2 aromatic rings. The van der Waals surface area contributed by atoms with Crippen LogP contribution in [0.15, 0.2) is 18.5 Å². The molecule has 0 atom stereocenters. The molecule has 8 nitrogen and oxygen atoms in total. The second-order valence-corrected chi connectivity index (χ2v) is 7.44. The first-order valence-corrected chi connectivity index (χ1v) is 9.85. The minimum Gasteiger partial charge on any atom is -0.489 e. The minimum atomic E-state index is -0.917. The van der Waals surface area contributed by atoms with Crippen molar-refractivity contribution in [1.82, 2.24) is 19.8 Å². The van der Waals surface area contributed by atoms with Crippen LogP contribution in [0.3, 0.4) is 0 Å². The largest absolute Gasteiger partial charge is 0.489 e. The molecular formula is C20H23FN4O4. The molecule has 0 bridgehead atoms. The molecule has 0 unspecified atom stereocenters. The van der Waals surface area contributed by atoms with Crippen LogP contribution in [0.2, 0.25) is 0 Å². The van der Waals surface area contributed by atoms with E-state index in [2.05, 4.69) is 9.97 Å². The highest BCUT2D eigenvalue weighted by Crippen LogP contribution is 2.33. The number of halogens is 1. The second-order valence-electron chi connectivity index (χ2n) is 7.44. The lowest BCUT2D eigenvalue weighted by Gasteiger charge is -2.30. The maximum Gasteiger partial charge on any atom is 0.407 e. The smallest absolute Gasteiger partial charge is 0.407 e. The van der Waals surface area contributed by atoms with Gasteiger partial charge in [0.05, 0.1) is 17.8 Å². The van der Waals surface area contributed by atoms with Crippen molar-refractivity contribution >= 4 is 22.9 Å². The van der Waals surface area contributed by atoms with Crippen LogP contribution in [0.4, 0.5) is 9.18 Å². The highest BCUT2D eigenvalue weighted by molar-refractivity contribution is 5.83. The summed E-state index contributed by atoms with van der Waals surface area (Å²) in [6.45, 7) is 2.25. The van der Waals surface area contributed by atoms with Crippen LogP contribution in [0.25, 0.3) is 10.9 Å². The average Bonchev–Trinajstić information content (AvgIpc) is 3.13. The minimum absolute atomic E-state index is 0.0587. The molecule has 154 valence electrons. The van der Waals surface area contributed by atoms with Crippen LogP contribution in [-0.4, -0.2) is 69.7 Å². The zero-order valence-corrected chi connectivity index (χ0v) is 16.0. The van der Waals surface area contributed by atoms with Crippen molar-refractivity contribution in [3.63, 3.8) is 0 Å². The van der Waals surface area contributed by atoms with Gasteiger partial charge in [0.15, 0.2) is 11.6 Å². The van der Waals surface area contributed by atoms with E-state index in [0.717, 1.165) is 18.7 Å². The maximum absolute atomic E-state index is 14.7. The Balaban J connectivity index is 1.48. The number of ether oxygens (including phenoxy) is 1. The van der Waals surface area contributed by atoms with Gasteiger partial charge in [-0.15, -0.1) is 0 Å². The SMILES string of the molecule is O=C(O)N1CCC(c2ncnc3cc(OCCN4CCCC4=O)c(F)cc23)CC1. The van der Waals surface area contributed by atoms with Crippen LogP contribution in [0.1, 0.15) is 37.3 Å². The number of carbonyl (C=O) groups is 2. The molecule has 2 aliphatic heterocycles. The molecule has 2 saturated heterocycles. The number of likely N-dealkylation sites (tertiary alicyclic amines) is 2. The predicted octanol–water partition coefficient (Wildman–Crippen LogP) is 2.63. The van der Waals surface area contributed by atoms with Crippen LogP contribution >= 0.6 is 0 Å². The van der Waals surface area contributed by atoms with Crippen LogP contribution in [0, 0.1) is 5.82 Å².